The van der Waals surface area contributed by atoms with Crippen LogP contribution in [0.3, 0.4) is 0 Å². The van der Waals surface area contributed by atoms with Gasteiger partial charge in [-0.1, -0.05) is 35.9 Å². The third-order valence-corrected chi connectivity index (χ3v) is 3.19. The Labute approximate surface area is 128 Å². The summed E-state index contributed by atoms with van der Waals surface area (Å²) in [6.07, 6.45) is 0.283. The largest absolute Gasteiger partial charge is 0.383 e. The number of amides is 1. The van der Waals surface area contributed by atoms with E-state index in [4.69, 9.17) is 16.9 Å². The molecule has 0 aliphatic heterocycles. The first-order valence-electron chi connectivity index (χ1n) is 6.48. The number of hydrogen-bond acceptors (Lipinski definition) is 3. The van der Waals surface area contributed by atoms with Gasteiger partial charge in [0.25, 0.3) is 0 Å². The predicted molar refractivity (Wildman–Crippen MR) is 84.3 cm³/mol. The van der Waals surface area contributed by atoms with Gasteiger partial charge in [0.1, 0.15) is 6.07 Å². The van der Waals surface area contributed by atoms with Crippen molar-refractivity contribution in [2.24, 2.45) is 0 Å². The quantitative estimate of drug-likeness (QED) is 0.885. The monoisotopic (exact) mass is 299 g/mol. The fourth-order valence-electron chi connectivity index (χ4n) is 1.82. The summed E-state index contributed by atoms with van der Waals surface area (Å²) in [4.78, 5) is 11.9. The second kappa shape index (κ2) is 7.32. The first-order valence-corrected chi connectivity index (χ1v) is 6.86. The molecule has 1 amide bonds. The Balaban J connectivity index is 1.86. The van der Waals surface area contributed by atoms with Crippen LogP contribution in [0.25, 0.3) is 0 Å². The maximum Gasteiger partial charge on any atom is 0.226 e. The van der Waals surface area contributed by atoms with E-state index in [1.165, 1.54) is 0 Å². The highest BCUT2D eigenvalue weighted by Gasteiger charge is 2.06. The number of carbonyl (C=O) groups is 1. The molecule has 0 radical (unpaired) electrons. The van der Waals surface area contributed by atoms with E-state index in [-0.39, 0.29) is 12.3 Å². The number of hydrogen-bond donors (Lipinski definition) is 2. The van der Waals surface area contributed by atoms with Gasteiger partial charge in [-0.2, -0.15) is 5.26 Å². The van der Waals surface area contributed by atoms with E-state index in [0.717, 1.165) is 5.69 Å². The molecule has 0 aromatic heterocycles. The molecule has 5 heteroatoms. The second-order valence-corrected chi connectivity index (χ2v) is 4.77. The lowest BCUT2D eigenvalue weighted by molar-refractivity contribution is -0.115. The highest BCUT2D eigenvalue weighted by Crippen LogP contribution is 2.20. The minimum absolute atomic E-state index is 0.155. The highest BCUT2D eigenvalue weighted by atomic mass is 35.5. The van der Waals surface area contributed by atoms with Gasteiger partial charge in [0.05, 0.1) is 22.0 Å². The normalized spacial score (nSPS) is 9.71. The first kappa shape index (κ1) is 14.9. The number of anilines is 2. The van der Waals surface area contributed by atoms with E-state index < -0.39 is 0 Å². The molecule has 0 aliphatic rings. The Kier molecular flexibility index (Phi) is 5.19. The number of halogens is 1. The van der Waals surface area contributed by atoms with Gasteiger partial charge in [-0.15, -0.1) is 0 Å². The van der Waals surface area contributed by atoms with Gasteiger partial charge in [0.15, 0.2) is 0 Å². The summed E-state index contributed by atoms with van der Waals surface area (Å²) in [5, 5.41) is 15.4. The van der Waals surface area contributed by atoms with E-state index in [2.05, 4.69) is 10.6 Å². The lowest BCUT2D eigenvalue weighted by atomic mass is 10.2. The van der Waals surface area contributed by atoms with Gasteiger partial charge in [-0.05, 0) is 24.3 Å². The Morgan fingerprint density at radius 1 is 1.10 bits per heavy atom. The van der Waals surface area contributed by atoms with Crippen LogP contribution in [-0.2, 0) is 4.79 Å². The summed E-state index contributed by atoms with van der Waals surface area (Å²) in [6, 6.07) is 16.3. The SMILES string of the molecule is N#Cc1ccccc1NC(=O)CCNc1ccccc1Cl. The standard InChI is InChI=1S/C16H14ClN3O/c17-13-6-2-4-8-15(13)19-10-9-16(21)20-14-7-3-1-5-12(14)11-18/h1-8,19H,9-10H2,(H,20,21). The van der Waals surface area contributed by atoms with E-state index in [1.54, 1.807) is 30.3 Å². The third-order valence-electron chi connectivity index (χ3n) is 2.86. The van der Waals surface area contributed by atoms with Crippen molar-refractivity contribution in [1.29, 1.82) is 5.26 Å². The molecule has 0 unspecified atom stereocenters. The molecule has 0 aliphatic carbocycles. The maximum absolute atomic E-state index is 11.9. The lowest BCUT2D eigenvalue weighted by Gasteiger charge is -2.09. The number of nitriles is 1. The minimum Gasteiger partial charge on any atom is -0.383 e. The van der Waals surface area contributed by atoms with Crippen molar-refractivity contribution >= 4 is 28.9 Å². The Morgan fingerprint density at radius 2 is 1.76 bits per heavy atom. The van der Waals surface area contributed by atoms with Crippen molar-refractivity contribution < 1.29 is 4.79 Å². The number of nitrogens with zero attached hydrogens (tertiary/aromatic N) is 1. The minimum atomic E-state index is -0.155. The fraction of sp³-hybridized carbons (Fsp3) is 0.125. The number of rotatable bonds is 5. The van der Waals surface area contributed by atoms with Crippen LogP contribution in [0.4, 0.5) is 11.4 Å². The van der Waals surface area contributed by atoms with Crippen LogP contribution < -0.4 is 10.6 Å². The number of benzene rings is 2. The van der Waals surface area contributed by atoms with Crippen molar-refractivity contribution in [2.75, 3.05) is 17.2 Å². The summed E-state index contributed by atoms with van der Waals surface area (Å²) in [6.45, 7) is 0.463. The van der Waals surface area contributed by atoms with Crippen molar-refractivity contribution in [3.05, 3.63) is 59.1 Å². The maximum atomic E-state index is 11.9. The predicted octanol–water partition coefficient (Wildman–Crippen LogP) is 3.65. The third kappa shape index (κ3) is 4.23. The van der Waals surface area contributed by atoms with E-state index in [0.29, 0.717) is 22.8 Å². The zero-order valence-electron chi connectivity index (χ0n) is 11.3. The van der Waals surface area contributed by atoms with Gasteiger partial charge in [-0.3, -0.25) is 4.79 Å². The Hall–Kier alpha value is -2.51. The average molecular weight is 300 g/mol. The van der Waals surface area contributed by atoms with Crippen LogP contribution in [-0.4, -0.2) is 12.5 Å². The zero-order chi connectivity index (χ0) is 15.1. The molecule has 21 heavy (non-hydrogen) atoms. The van der Waals surface area contributed by atoms with Crippen molar-refractivity contribution in [1.82, 2.24) is 0 Å². The number of nitrogens with one attached hydrogen (secondary N) is 2. The fourth-order valence-corrected chi connectivity index (χ4v) is 2.02. The van der Waals surface area contributed by atoms with E-state index in [1.807, 2.05) is 24.3 Å². The molecule has 0 fully saturated rings. The average Bonchev–Trinajstić information content (AvgIpc) is 2.50. The molecule has 0 saturated carbocycles. The smallest absolute Gasteiger partial charge is 0.226 e. The molecule has 2 N–H and O–H groups in total. The topological polar surface area (TPSA) is 64.9 Å². The van der Waals surface area contributed by atoms with Crippen LogP contribution in [0.1, 0.15) is 12.0 Å². The number of para-hydroxylation sites is 2. The molecular weight excluding hydrogens is 286 g/mol. The van der Waals surface area contributed by atoms with E-state index >= 15 is 0 Å². The summed E-state index contributed by atoms with van der Waals surface area (Å²) < 4.78 is 0. The van der Waals surface area contributed by atoms with Crippen LogP contribution in [0.2, 0.25) is 5.02 Å². The van der Waals surface area contributed by atoms with Gasteiger partial charge >= 0.3 is 0 Å². The van der Waals surface area contributed by atoms with Crippen LogP contribution in [0.5, 0.6) is 0 Å². The summed E-state index contributed by atoms with van der Waals surface area (Å²) in [5.74, 6) is -0.155. The van der Waals surface area contributed by atoms with Crippen LogP contribution in [0, 0.1) is 11.3 Å². The van der Waals surface area contributed by atoms with E-state index in [9.17, 15) is 4.79 Å². The summed E-state index contributed by atoms with van der Waals surface area (Å²) >= 11 is 6.01. The molecule has 106 valence electrons. The van der Waals surface area contributed by atoms with Crippen molar-refractivity contribution in [3.63, 3.8) is 0 Å². The molecule has 2 aromatic rings. The van der Waals surface area contributed by atoms with Gasteiger partial charge < -0.3 is 10.6 Å². The Bertz CT molecular complexity index is 679. The molecule has 0 spiro atoms. The van der Waals surface area contributed by atoms with Crippen LogP contribution in [0.15, 0.2) is 48.5 Å². The molecule has 4 nitrogen and oxygen atoms in total. The molecule has 0 atom stereocenters. The Morgan fingerprint density at radius 3 is 2.48 bits per heavy atom. The molecule has 2 rings (SSSR count). The summed E-state index contributed by atoms with van der Waals surface area (Å²) in [5.41, 5.74) is 1.78. The van der Waals surface area contributed by atoms with Crippen molar-refractivity contribution in [3.8, 4) is 6.07 Å². The molecule has 0 bridgehead atoms. The van der Waals surface area contributed by atoms with Crippen LogP contribution >= 0.6 is 11.6 Å². The molecule has 0 heterocycles. The van der Waals surface area contributed by atoms with Gasteiger partial charge in [0.2, 0.25) is 5.91 Å². The molecular formula is C16H14ClN3O. The molecule has 0 saturated heterocycles. The lowest BCUT2D eigenvalue weighted by Crippen LogP contribution is -2.16. The molecule has 2 aromatic carbocycles. The first-order chi connectivity index (χ1) is 10.2. The number of carbonyl (C=O) groups excluding carboxylic acids is 1. The zero-order valence-corrected chi connectivity index (χ0v) is 12.0. The summed E-state index contributed by atoms with van der Waals surface area (Å²) in [7, 11) is 0. The van der Waals surface area contributed by atoms with Gasteiger partial charge in [0, 0.05) is 13.0 Å². The van der Waals surface area contributed by atoms with Crippen molar-refractivity contribution in [2.45, 2.75) is 6.42 Å². The van der Waals surface area contributed by atoms with Gasteiger partial charge in [-0.25, -0.2) is 0 Å². The second-order valence-electron chi connectivity index (χ2n) is 4.36. The highest BCUT2D eigenvalue weighted by molar-refractivity contribution is 6.33.